The van der Waals surface area contributed by atoms with Crippen LogP contribution >= 0.6 is 0 Å². The molecule has 6 nitrogen and oxygen atoms in total. The summed E-state index contributed by atoms with van der Waals surface area (Å²) in [4.78, 5) is 37.1. The van der Waals surface area contributed by atoms with Gasteiger partial charge in [-0.2, -0.15) is 0 Å². The third-order valence-electron chi connectivity index (χ3n) is 4.06. The largest absolute Gasteiger partial charge is 0.478 e. The highest BCUT2D eigenvalue weighted by Crippen LogP contribution is 2.19. The molecule has 1 aromatic carbocycles. The summed E-state index contributed by atoms with van der Waals surface area (Å²) < 4.78 is 0. The Morgan fingerprint density at radius 1 is 1.22 bits per heavy atom. The van der Waals surface area contributed by atoms with E-state index in [0.717, 1.165) is 6.42 Å². The van der Waals surface area contributed by atoms with E-state index in [4.69, 9.17) is 5.11 Å². The molecule has 124 valence electrons. The van der Waals surface area contributed by atoms with E-state index in [0.29, 0.717) is 38.0 Å². The molecular weight excluding hydrogens is 296 g/mol. The SMILES string of the molecule is CCCNC(=O)C1CCN(C(=O)c2cccc(C(=O)O)c2)CC1. The van der Waals surface area contributed by atoms with E-state index in [1.54, 1.807) is 17.0 Å². The third kappa shape index (κ3) is 4.31. The first-order chi connectivity index (χ1) is 11.0. The Balaban J connectivity index is 1.94. The van der Waals surface area contributed by atoms with Crippen LogP contribution in [0.25, 0.3) is 0 Å². The van der Waals surface area contributed by atoms with Crippen LogP contribution in [0.1, 0.15) is 46.9 Å². The predicted molar refractivity (Wildman–Crippen MR) is 85.3 cm³/mol. The van der Waals surface area contributed by atoms with Crippen LogP contribution in [0.2, 0.25) is 0 Å². The van der Waals surface area contributed by atoms with Gasteiger partial charge in [-0.3, -0.25) is 9.59 Å². The maximum Gasteiger partial charge on any atom is 0.335 e. The predicted octanol–water partition coefficient (Wildman–Crippen LogP) is 1.76. The Morgan fingerprint density at radius 3 is 2.48 bits per heavy atom. The molecule has 1 aromatic rings. The quantitative estimate of drug-likeness (QED) is 0.866. The first-order valence-corrected chi connectivity index (χ1v) is 7.93. The first-order valence-electron chi connectivity index (χ1n) is 7.93. The normalized spacial score (nSPS) is 15.3. The first kappa shape index (κ1) is 17.0. The van der Waals surface area contributed by atoms with Crippen molar-refractivity contribution in [2.45, 2.75) is 26.2 Å². The molecule has 1 heterocycles. The van der Waals surface area contributed by atoms with Crippen LogP contribution in [0, 0.1) is 5.92 Å². The number of piperidine rings is 1. The van der Waals surface area contributed by atoms with E-state index in [1.807, 2.05) is 6.92 Å². The number of carboxylic acid groups (broad SMARTS) is 1. The highest BCUT2D eigenvalue weighted by Gasteiger charge is 2.27. The molecule has 0 unspecified atom stereocenters. The Kier molecular flexibility index (Phi) is 5.73. The molecule has 0 radical (unpaired) electrons. The number of amides is 2. The van der Waals surface area contributed by atoms with Crippen molar-refractivity contribution < 1.29 is 19.5 Å². The number of carbonyl (C=O) groups excluding carboxylic acids is 2. The van der Waals surface area contributed by atoms with E-state index < -0.39 is 5.97 Å². The fourth-order valence-electron chi connectivity index (χ4n) is 2.71. The van der Waals surface area contributed by atoms with E-state index in [-0.39, 0.29) is 23.3 Å². The number of carbonyl (C=O) groups is 3. The summed E-state index contributed by atoms with van der Waals surface area (Å²) in [7, 11) is 0. The Bertz CT molecular complexity index is 592. The van der Waals surface area contributed by atoms with Gasteiger partial charge in [-0.15, -0.1) is 0 Å². The van der Waals surface area contributed by atoms with Crippen LogP contribution in [-0.4, -0.2) is 47.4 Å². The van der Waals surface area contributed by atoms with Crippen molar-refractivity contribution in [1.82, 2.24) is 10.2 Å². The number of aromatic carboxylic acids is 1. The van der Waals surface area contributed by atoms with Gasteiger partial charge < -0.3 is 15.3 Å². The van der Waals surface area contributed by atoms with Gasteiger partial charge in [0.25, 0.3) is 5.91 Å². The molecule has 2 N–H and O–H groups in total. The zero-order valence-corrected chi connectivity index (χ0v) is 13.2. The zero-order valence-electron chi connectivity index (χ0n) is 13.2. The summed E-state index contributed by atoms with van der Waals surface area (Å²) >= 11 is 0. The number of hydrogen-bond donors (Lipinski definition) is 2. The topological polar surface area (TPSA) is 86.7 Å². The Morgan fingerprint density at radius 2 is 1.87 bits per heavy atom. The van der Waals surface area contributed by atoms with Crippen molar-refractivity contribution in [3.63, 3.8) is 0 Å². The molecule has 1 fully saturated rings. The van der Waals surface area contributed by atoms with Gasteiger partial charge in [-0.1, -0.05) is 13.0 Å². The molecule has 0 saturated carbocycles. The molecule has 2 amide bonds. The van der Waals surface area contributed by atoms with Crippen LogP contribution in [0.3, 0.4) is 0 Å². The minimum atomic E-state index is -1.05. The fraction of sp³-hybridized carbons (Fsp3) is 0.471. The number of benzene rings is 1. The van der Waals surface area contributed by atoms with E-state index in [1.165, 1.54) is 12.1 Å². The second-order valence-electron chi connectivity index (χ2n) is 5.74. The molecule has 0 aromatic heterocycles. The summed E-state index contributed by atoms with van der Waals surface area (Å²) in [6, 6.07) is 6.05. The van der Waals surface area contributed by atoms with Gasteiger partial charge in [0.2, 0.25) is 5.91 Å². The summed E-state index contributed by atoms with van der Waals surface area (Å²) in [5.41, 5.74) is 0.475. The fourth-order valence-corrected chi connectivity index (χ4v) is 2.71. The van der Waals surface area contributed by atoms with Crippen LogP contribution in [0.15, 0.2) is 24.3 Å². The zero-order chi connectivity index (χ0) is 16.8. The Hall–Kier alpha value is -2.37. The Labute approximate surface area is 135 Å². The molecule has 1 saturated heterocycles. The van der Waals surface area contributed by atoms with Crippen molar-refractivity contribution in [3.05, 3.63) is 35.4 Å². The van der Waals surface area contributed by atoms with Crippen molar-refractivity contribution in [2.75, 3.05) is 19.6 Å². The number of nitrogens with zero attached hydrogens (tertiary/aromatic N) is 1. The lowest BCUT2D eigenvalue weighted by Gasteiger charge is -2.31. The van der Waals surface area contributed by atoms with Gasteiger partial charge in [-0.25, -0.2) is 4.79 Å². The lowest BCUT2D eigenvalue weighted by molar-refractivity contribution is -0.126. The average Bonchev–Trinajstić information content (AvgIpc) is 2.59. The molecule has 0 atom stereocenters. The summed E-state index contributed by atoms with van der Waals surface area (Å²) in [5, 5.41) is 11.9. The summed E-state index contributed by atoms with van der Waals surface area (Å²) in [6.07, 6.45) is 2.18. The van der Waals surface area contributed by atoms with Gasteiger partial charge in [0, 0.05) is 31.1 Å². The number of hydrogen-bond acceptors (Lipinski definition) is 3. The third-order valence-corrected chi connectivity index (χ3v) is 4.06. The van der Waals surface area contributed by atoms with Gasteiger partial charge in [0.15, 0.2) is 0 Å². The smallest absolute Gasteiger partial charge is 0.335 e. The highest BCUT2D eigenvalue weighted by molar-refractivity contribution is 5.97. The molecule has 1 aliphatic rings. The number of nitrogens with one attached hydrogen (secondary N) is 1. The minimum absolute atomic E-state index is 0.0454. The average molecular weight is 318 g/mol. The van der Waals surface area contributed by atoms with Crippen LogP contribution in [0.4, 0.5) is 0 Å². The molecule has 23 heavy (non-hydrogen) atoms. The lowest BCUT2D eigenvalue weighted by Crippen LogP contribution is -2.43. The summed E-state index contributed by atoms with van der Waals surface area (Å²) in [5.74, 6) is -1.21. The van der Waals surface area contributed by atoms with E-state index in [9.17, 15) is 14.4 Å². The number of likely N-dealkylation sites (tertiary alicyclic amines) is 1. The standard InChI is InChI=1S/C17H22N2O4/c1-2-8-18-15(20)12-6-9-19(10-7-12)16(21)13-4-3-5-14(11-13)17(22)23/h3-5,11-12H,2,6-10H2,1H3,(H,18,20)(H,22,23). The van der Waals surface area contributed by atoms with Gasteiger partial charge in [0.05, 0.1) is 5.56 Å². The molecule has 0 bridgehead atoms. The van der Waals surface area contributed by atoms with E-state index in [2.05, 4.69) is 5.32 Å². The maximum absolute atomic E-state index is 12.5. The molecule has 1 aliphatic heterocycles. The molecular formula is C17H22N2O4. The van der Waals surface area contributed by atoms with Crippen molar-refractivity contribution in [2.24, 2.45) is 5.92 Å². The second kappa shape index (κ2) is 7.76. The molecule has 0 spiro atoms. The van der Waals surface area contributed by atoms with E-state index >= 15 is 0 Å². The molecule has 6 heteroatoms. The van der Waals surface area contributed by atoms with Gasteiger partial charge in [-0.05, 0) is 37.5 Å². The monoisotopic (exact) mass is 318 g/mol. The minimum Gasteiger partial charge on any atom is -0.478 e. The second-order valence-corrected chi connectivity index (χ2v) is 5.74. The lowest BCUT2D eigenvalue weighted by atomic mass is 9.95. The molecule has 0 aliphatic carbocycles. The van der Waals surface area contributed by atoms with Crippen molar-refractivity contribution >= 4 is 17.8 Å². The van der Waals surface area contributed by atoms with Crippen LogP contribution in [0.5, 0.6) is 0 Å². The van der Waals surface area contributed by atoms with Gasteiger partial charge >= 0.3 is 5.97 Å². The summed E-state index contributed by atoms with van der Waals surface area (Å²) in [6.45, 7) is 3.72. The van der Waals surface area contributed by atoms with Crippen molar-refractivity contribution in [3.8, 4) is 0 Å². The molecule has 2 rings (SSSR count). The van der Waals surface area contributed by atoms with Crippen LogP contribution < -0.4 is 5.32 Å². The maximum atomic E-state index is 12.5. The number of rotatable bonds is 5. The van der Waals surface area contributed by atoms with Gasteiger partial charge in [0.1, 0.15) is 0 Å². The number of carboxylic acids is 1. The van der Waals surface area contributed by atoms with Crippen molar-refractivity contribution in [1.29, 1.82) is 0 Å². The highest BCUT2D eigenvalue weighted by atomic mass is 16.4. The van der Waals surface area contributed by atoms with Crippen LogP contribution in [-0.2, 0) is 4.79 Å².